The average molecular weight is 275 g/mol. The summed E-state index contributed by atoms with van der Waals surface area (Å²) in [4.78, 5) is 18.9. The molecule has 2 heterocycles. The number of aromatic nitrogens is 1. The molecule has 0 unspecified atom stereocenters. The summed E-state index contributed by atoms with van der Waals surface area (Å²) in [5.41, 5.74) is 4.40. The number of nitrogens with zero attached hydrogens (tertiary/aromatic N) is 2. The Morgan fingerprint density at radius 2 is 2.32 bits per heavy atom. The number of anilines is 3. The minimum Gasteiger partial charge on any atom is -0.355 e. The van der Waals surface area contributed by atoms with Gasteiger partial charge in [-0.15, -0.1) is 0 Å². The van der Waals surface area contributed by atoms with Crippen LogP contribution in [0.25, 0.3) is 0 Å². The summed E-state index contributed by atoms with van der Waals surface area (Å²) in [6, 6.07) is 7.77. The maximum absolute atomic E-state index is 11.7. The average Bonchev–Trinajstić information content (AvgIpc) is 2.86. The molecule has 0 spiro atoms. The van der Waals surface area contributed by atoms with Crippen molar-refractivity contribution in [3.05, 3.63) is 35.3 Å². The lowest BCUT2D eigenvalue weighted by Gasteiger charge is -2.30. The lowest BCUT2D eigenvalue weighted by atomic mass is 10.2. The Balaban J connectivity index is 1.86. The molecular formula is C12H13N5OS. The number of carbonyl (C=O) groups excluding carboxylic acids is 1. The largest absolute Gasteiger partial charge is 0.355 e. The van der Waals surface area contributed by atoms with E-state index in [1.165, 1.54) is 11.3 Å². The number of hydrogen-bond acceptors (Lipinski definition) is 6. The van der Waals surface area contributed by atoms with Gasteiger partial charge in [0.1, 0.15) is 0 Å². The Hall–Kier alpha value is -2.12. The van der Waals surface area contributed by atoms with Crippen LogP contribution in [0.15, 0.2) is 30.5 Å². The highest BCUT2D eigenvalue weighted by molar-refractivity contribution is 7.15. The number of carbonyl (C=O) groups is 1. The summed E-state index contributed by atoms with van der Waals surface area (Å²) >= 11 is 1.48. The van der Waals surface area contributed by atoms with E-state index in [1.807, 2.05) is 29.2 Å². The summed E-state index contributed by atoms with van der Waals surface area (Å²) in [5.74, 6) is 5.32. The van der Waals surface area contributed by atoms with Gasteiger partial charge in [0, 0.05) is 11.1 Å². The highest BCUT2D eigenvalue weighted by atomic mass is 32.1. The van der Waals surface area contributed by atoms with Gasteiger partial charge >= 0.3 is 0 Å². The molecule has 3 rings (SSSR count). The fourth-order valence-electron chi connectivity index (χ4n) is 2.08. The Morgan fingerprint density at radius 3 is 3.11 bits per heavy atom. The maximum atomic E-state index is 11.7. The zero-order valence-corrected chi connectivity index (χ0v) is 10.9. The molecule has 6 nitrogen and oxygen atoms in total. The molecule has 4 N–H and O–H groups in total. The molecule has 0 saturated carbocycles. The Kier molecular flexibility index (Phi) is 3.06. The van der Waals surface area contributed by atoms with Crippen molar-refractivity contribution in [2.45, 2.75) is 6.54 Å². The third-order valence-corrected chi connectivity index (χ3v) is 3.79. The molecule has 0 radical (unpaired) electrons. The van der Waals surface area contributed by atoms with E-state index in [1.54, 1.807) is 6.20 Å². The van der Waals surface area contributed by atoms with Gasteiger partial charge in [-0.05, 0) is 12.1 Å². The van der Waals surface area contributed by atoms with Gasteiger partial charge < -0.3 is 10.2 Å². The number of hydrogen-bond donors (Lipinski definition) is 3. The molecule has 0 bridgehead atoms. The van der Waals surface area contributed by atoms with E-state index >= 15 is 0 Å². The third kappa shape index (κ3) is 2.38. The van der Waals surface area contributed by atoms with Gasteiger partial charge in [0.15, 0.2) is 5.13 Å². The predicted octanol–water partition coefficient (Wildman–Crippen LogP) is 1.39. The lowest BCUT2D eigenvalue weighted by Crippen LogP contribution is -2.37. The van der Waals surface area contributed by atoms with Crippen molar-refractivity contribution in [2.75, 3.05) is 22.2 Å². The van der Waals surface area contributed by atoms with Crippen LogP contribution >= 0.6 is 11.3 Å². The summed E-state index contributed by atoms with van der Waals surface area (Å²) in [6.45, 7) is 0.990. The Morgan fingerprint density at radius 1 is 1.47 bits per heavy atom. The molecule has 7 heteroatoms. The van der Waals surface area contributed by atoms with E-state index in [9.17, 15) is 4.79 Å². The van der Waals surface area contributed by atoms with Crippen LogP contribution in [0.5, 0.6) is 0 Å². The van der Waals surface area contributed by atoms with E-state index in [2.05, 4.69) is 15.7 Å². The molecule has 1 aromatic carbocycles. The second-order valence-electron chi connectivity index (χ2n) is 4.20. The summed E-state index contributed by atoms with van der Waals surface area (Å²) in [6.07, 6.45) is 1.77. The number of nitrogens with one attached hydrogen (secondary N) is 2. The molecule has 98 valence electrons. The number of amides is 1. The SMILES string of the molecule is NNc1ncc(CN2CC(=O)Nc3ccccc32)s1. The number of nitrogen functional groups attached to an aromatic ring is 1. The van der Waals surface area contributed by atoms with Gasteiger partial charge in [-0.2, -0.15) is 0 Å². The molecule has 0 saturated heterocycles. The Bertz CT molecular complexity index is 612. The monoisotopic (exact) mass is 275 g/mol. The number of thiazole rings is 1. The maximum Gasteiger partial charge on any atom is 0.243 e. The fourth-order valence-corrected chi connectivity index (χ4v) is 2.82. The first-order valence-corrected chi connectivity index (χ1v) is 6.63. The lowest BCUT2D eigenvalue weighted by molar-refractivity contribution is -0.115. The number of hydrazine groups is 1. The summed E-state index contributed by atoms with van der Waals surface area (Å²) in [5, 5.41) is 3.54. The van der Waals surface area contributed by atoms with Crippen LogP contribution in [0.4, 0.5) is 16.5 Å². The quantitative estimate of drug-likeness (QED) is 0.582. The van der Waals surface area contributed by atoms with Gasteiger partial charge in [-0.1, -0.05) is 23.5 Å². The van der Waals surface area contributed by atoms with Gasteiger partial charge in [0.05, 0.1) is 24.5 Å². The van der Waals surface area contributed by atoms with Crippen molar-refractivity contribution >= 4 is 33.8 Å². The van der Waals surface area contributed by atoms with Crippen LogP contribution in [0.2, 0.25) is 0 Å². The van der Waals surface area contributed by atoms with Gasteiger partial charge in [0.25, 0.3) is 0 Å². The number of benzene rings is 1. The van der Waals surface area contributed by atoms with Crippen molar-refractivity contribution in [3.8, 4) is 0 Å². The summed E-state index contributed by atoms with van der Waals surface area (Å²) in [7, 11) is 0. The van der Waals surface area contributed by atoms with Crippen LogP contribution in [0.1, 0.15) is 4.88 Å². The van der Waals surface area contributed by atoms with Crippen molar-refractivity contribution in [2.24, 2.45) is 5.84 Å². The third-order valence-electron chi connectivity index (χ3n) is 2.88. The number of nitrogens with two attached hydrogens (primary N) is 1. The van der Waals surface area contributed by atoms with Crippen LogP contribution in [0.3, 0.4) is 0 Å². The van der Waals surface area contributed by atoms with E-state index in [-0.39, 0.29) is 5.91 Å². The predicted molar refractivity (Wildman–Crippen MR) is 76.0 cm³/mol. The molecule has 1 aliphatic rings. The van der Waals surface area contributed by atoms with Gasteiger partial charge in [-0.25, -0.2) is 10.8 Å². The first-order valence-electron chi connectivity index (χ1n) is 5.81. The molecule has 0 atom stereocenters. The first-order chi connectivity index (χ1) is 9.26. The molecule has 1 aliphatic heterocycles. The van der Waals surface area contributed by atoms with Gasteiger partial charge in [-0.3, -0.25) is 10.2 Å². The minimum atomic E-state index is 0.000360. The smallest absolute Gasteiger partial charge is 0.243 e. The fraction of sp³-hybridized carbons (Fsp3) is 0.167. The molecule has 0 fully saturated rings. The van der Waals surface area contributed by atoms with E-state index in [0.29, 0.717) is 18.2 Å². The standard InChI is InChI=1S/C12H13N5OS/c13-16-12-14-5-8(19-12)6-17-7-11(18)15-9-3-1-2-4-10(9)17/h1-5H,6-7,13H2,(H,14,16)(H,15,18). The second kappa shape index (κ2) is 4.87. The van der Waals surface area contributed by atoms with Crippen LogP contribution in [-0.4, -0.2) is 17.4 Å². The zero-order chi connectivity index (χ0) is 13.2. The zero-order valence-electron chi connectivity index (χ0n) is 10.1. The van der Waals surface area contributed by atoms with Crippen molar-refractivity contribution < 1.29 is 4.79 Å². The molecule has 1 aromatic heterocycles. The highest BCUT2D eigenvalue weighted by Crippen LogP contribution is 2.31. The number of para-hydroxylation sites is 2. The molecule has 1 amide bonds. The minimum absolute atomic E-state index is 0.000360. The van der Waals surface area contributed by atoms with Crippen LogP contribution in [-0.2, 0) is 11.3 Å². The first kappa shape index (κ1) is 11.9. The summed E-state index contributed by atoms with van der Waals surface area (Å²) < 4.78 is 0. The molecule has 19 heavy (non-hydrogen) atoms. The number of rotatable bonds is 3. The normalized spacial score (nSPS) is 13.9. The van der Waals surface area contributed by atoms with Crippen molar-refractivity contribution in [1.29, 1.82) is 0 Å². The highest BCUT2D eigenvalue weighted by Gasteiger charge is 2.21. The van der Waals surface area contributed by atoms with Crippen molar-refractivity contribution in [1.82, 2.24) is 4.98 Å². The second-order valence-corrected chi connectivity index (χ2v) is 5.31. The van der Waals surface area contributed by atoms with Crippen molar-refractivity contribution in [3.63, 3.8) is 0 Å². The van der Waals surface area contributed by atoms with Crippen LogP contribution in [0, 0.1) is 0 Å². The molecule has 2 aromatic rings. The van der Waals surface area contributed by atoms with E-state index in [0.717, 1.165) is 16.3 Å². The van der Waals surface area contributed by atoms with E-state index < -0.39 is 0 Å². The van der Waals surface area contributed by atoms with Crippen LogP contribution < -0.4 is 21.5 Å². The molecule has 0 aliphatic carbocycles. The van der Waals surface area contributed by atoms with E-state index in [4.69, 9.17) is 5.84 Å². The number of fused-ring (bicyclic) bond motifs is 1. The Labute approximate surface area is 114 Å². The topological polar surface area (TPSA) is 83.3 Å². The molecular weight excluding hydrogens is 262 g/mol. The van der Waals surface area contributed by atoms with Gasteiger partial charge in [0.2, 0.25) is 5.91 Å².